The van der Waals surface area contributed by atoms with Gasteiger partial charge in [0.2, 0.25) is 0 Å². The van der Waals surface area contributed by atoms with Crippen LogP contribution in [-0.2, 0) is 11.3 Å². The summed E-state index contributed by atoms with van der Waals surface area (Å²) in [5.74, 6) is 0. The van der Waals surface area contributed by atoms with Gasteiger partial charge in [0.1, 0.15) is 0 Å². The first-order chi connectivity index (χ1) is 7.66. The van der Waals surface area contributed by atoms with Crippen LogP contribution >= 0.6 is 11.3 Å². The van der Waals surface area contributed by atoms with Crippen LogP contribution in [0.15, 0.2) is 0 Å². The normalized spacial score (nSPS) is 22.6. The molecule has 0 radical (unpaired) electrons. The molecule has 4 heteroatoms. The first kappa shape index (κ1) is 12.0. The summed E-state index contributed by atoms with van der Waals surface area (Å²) in [6.07, 6.45) is 2.79. The third kappa shape index (κ3) is 2.81. The van der Waals surface area contributed by atoms with E-state index in [-0.39, 0.29) is 0 Å². The van der Waals surface area contributed by atoms with E-state index in [9.17, 15) is 0 Å². The van der Waals surface area contributed by atoms with Crippen molar-refractivity contribution in [1.82, 2.24) is 10.3 Å². The van der Waals surface area contributed by atoms with Crippen molar-refractivity contribution in [2.75, 3.05) is 6.61 Å². The average molecular weight is 240 g/mol. The van der Waals surface area contributed by atoms with Crippen LogP contribution in [-0.4, -0.2) is 23.7 Å². The highest BCUT2D eigenvalue weighted by atomic mass is 32.1. The van der Waals surface area contributed by atoms with Crippen molar-refractivity contribution in [3.05, 3.63) is 15.6 Å². The molecule has 0 spiro atoms. The molecule has 1 saturated heterocycles. The van der Waals surface area contributed by atoms with Crippen LogP contribution in [0.5, 0.6) is 0 Å². The van der Waals surface area contributed by atoms with Crippen molar-refractivity contribution in [2.24, 2.45) is 0 Å². The maximum atomic E-state index is 5.66. The van der Waals surface area contributed by atoms with Gasteiger partial charge in [-0.25, -0.2) is 4.98 Å². The number of rotatable bonds is 4. The fourth-order valence-corrected chi connectivity index (χ4v) is 3.01. The Morgan fingerprint density at radius 1 is 1.56 bits per heavy atom. The molecule has 1 aromatic rings. The molecule has 2 rings (SSSR count). The molecule has 1 aliphatic rings. The second-order valence-electron chi connectivity index (χ2n) is 4.46. The van der Waals surface area contributed by atoms with Crippen LogP contribution in [0.25, 0.3) is 0 Å². The minimum absolute atomic E-state index is 0.398. The molecule has 0 bridgehead atoms. The van der Waals surface area contributed by atoms with Gasteiger partial charge in [-0.3, -0.25) is 0 Å². The van der Waals surface area contributed by atoms with E-state index in [0.717, 1.165) is 23.9 Å². The Morgan fingerprint density at radius 3 is 2.94 bits per heavy atom. The molecule has 0 saturated carbocycles. The van der Waals surface area contributed by atoms with E-state index < -0.39 is 0 Å². The number of thiazole rings is 1. The van der Waals surface area contributed by atoms with Gasteiger partial charge < -0.3 is 10.1 Å². The molecule has 1 fully saturated rings. The van der Waals surface area contributed by atoms with Crippen molar-refractivity contribution >= 4 is 11.3 Å². The molecule has 2 unspecified atom stereocenters. The Balaban J connectivity index is 1.84. The fourth-order valence-electron chi connectivity index (χ4n) is 2.12. The first-order valence-corrected chi connectivity index (χ1v) is 6.76. The van der Waals surface area contributed by atoms with Gasteiger partial charge in [0.15, 0.2) is 0 Å². The molecule has 90 valence electrons. The Hall–Kier alpha value is -0.450. The molecule has 2 atom stereocenters. The monoisotopic (exact) mass is 240 g/mol. The minimum atomic E-state index is 0.398. The number of aryl methyl sites for hydroxylation is 2. The molecule has 1 aliphatic heterocycles. The van der Waals surface area contributed by atoms with E-state index in [1.807, 2.05) is 0 Å². The third-order valence-electron chi connectivity index (χ3n) is 3.11. The predicted molar refractivity (Wildman–Crippen MR) is 66.9 cm³/mol. The largest absolute Gasteiger partial charge is 0.377 e. The van der Waals surface area contributed by atoms with Gasteiger partial charge in [0, 0.05) is 24.1 Å². The van der Waals surface area contributed by atoms with Gasteiger partial charge in [-0.15, -0.1) is 11.3 Å². The molecule has 0 aromatic carbocycles. The highest BCUT2D eigenvalue weighted by molar-refractivity contribution is 7.11. The Bertz CT molecular complexity index is 345. The van der Waals surface area contributed by atoms with Crippen molar-refractivity contribution in [1.29, 1.82) is 0 Å². The Labute approximate surface area is 101 Å². The van der Waals surface area contributed by atoms with Crippen LogP contribution in [0.2, 0.25) is 0 Å². The molecule has 0 amide bonds. The summed E-state index contributed by atoms with van der Waals surface area (Å²) in [4.78, 5) is 5.78. The second-order valence-corrected chi connectivity index (χ2v) is 5.75. The molecule has 0 aliphatic carbocycles. The Kier molecular flexibility index (Phi) is 3.95. The summed E-state index contributed by atoms with van der Waals surface area (Å²) in [7, 11) is 0. The van der Waals surface area contributed by atoms with E-state index in [4.69, 9.17) is 4.74 Å². The average Bonchev–Trinajstić information content (AvgIpc) is 2.84. The standard InChI is InChI=1S/C12H20N2OS/c1-8(11-5-4-6-15-11)13-7-12-9(2)14-10(3)16-12/h8,11,13H,4-7H2,1-3H3. The minimum Gasteiger partial charge on any atom is -0.377 e. The number of hydrogen-bond acceptors (Lipinski definition) is 4. The summed E-state index contributed by atoms with van der Waals surface area (Å²) >= 11 is 1.78. The van der Waals surface area contributed by atoms with Crippen molar-refractivity contribution < 1.29 is 4.74 Å². The molecule has 1 aromatic heterocycles. The number of nitrogens with zero attached hydrogens (tertiary/aromatic N) is 1. The lowest BCUT2D eigenvalue weighted by Crippen LogP contribution is -2.36. The Morgan fingerprint density at radius 2 is 2.38 bits per heavy atom. The smallest absolute Gasteiger partial charge is 0.0900 e. The summed E-state index contributed by atoms with van der Waals surface area (Å²) in [5, 5.41) is 4.69. The summed E-state index contributed by atoms with van der Waals surface area (Å²) in [5.41, 5.74) is 1.16. The lowest BCUT2D eigenvalue weighted by atomic mass is 10.1. The molecular weight excluding hydrogens is 220 g/mol. The van der Waals surface area contributed by atoms with Gasteiger partial charge in [0.05, 0.1) is 16.8 Å². The third-order valence-corrected chi connectivity index (χ3v) is 4.18. The number of aromatic nitrogens is 1. The molecule has 2 heterocycles. The van der Waals surface area contributed by atoms with Crippen LogP contribution in [0, 0.1) is 13.8 Å². The van der Waals surface area contributed by atoms with Gasteiger partial charge >= 0.3 is 0 Å². The number of hydrogen-bond donors (Lipinski definition) is 1. The fraction of sp³-hybridized carbons (Fsp3) is 0.750. The van der Waals surface area contributed by atoms with Gasteiger partial charge in [-0.1, -0.05) is 0 Å². The second kappa shape index (κ2) is 5.25. The van der Waals surface area contributed by atoms with Crippen molar-refractivity contribution in [2.45, 2.75) is 52.3 Å². The lowest BCUT2D eigenvalue weighted by molar-refractivity contribution is 0.0832. The molecule has 1 N–H and O–H groups in total. The summed E-state index contributed by atoms with van der Waals surface area (Å²) in [6.45, 7) is 8.19. The van der Waals surface area contributed by atoms with Crippen LogP contribution in [0.3, 0.4) is 0 Å². The SMILES string of the molecule is Cc1nc(C)c(CNC(C)C2CCCO2)s1. The van der Waals surface area contributed by atoms with Gasteiger partial charge in [0.25, 0.3) is 0 Å². The summed E-state index contributed by atoms with van der Waals surface area (Å²) < 4.78 is 5.66. The summed E-state index contributed by atoms with van der Waals surface area (Å²) in [6, 6.07) is 0.435. The van der Waals surface area contributed by atoms with E-state index in [0.29, 0.717) is 12.1 Å². The molecule has 3 nitrogen and oxygen atoms in total. The van der Waals surface area contributed by atoms with Crippen LogP contribution < -0.4 is 5.32 Å². The maximum absolute atomic E-state index is 5.66. The highest BCUT2D eigenvalue weighted by Gasteiger charge is 2.22. The zero-order valence-corrected chi connectivity index (χ0v) is 11.1. The van der Waals surface area contributed by atoms with Gasteiger partial charge in [-0.2, -0.15) is 0 Å². The lowest BCUT2D eigenvalue weighted by Gasteiger charge is -2.19. The zero-order chi connectivity index (χ0) is 11.5. The molecule has 16 heavy (non-hydrogen) atoms. The van der Waals surface area contributed by atoms with E-state index in [2.05, 4.69) is 31.1 Å². The topological polar surface area (TPSA) is 34.2 Å². The van der Waals surface area contributed by atoms with Crippen molar-refractivity contribution in [3.63, 3.8) is 0 Å². The zero-order valence-electron chi connectivity index (χ0n) is 10.2. The van der Waals surface area contributed by atoms with E-state index in [1.54, 1.807) is 11.3 Å². The predicted octanol–water partition coefficient (Wildman–Crippen LogP) is 2.42. The number of nitrogens with one attached hydrogen (secondary N) is 1. The maximum Gasteiger partial charge on any atom is 0.0900 e. The quantitative estimate of drug-likeness (QED) is 0.877. The van der Waals surface area contributed by atoms with E-state index in [1.165, 1.54) is 17.7 Å². The molecular formula is C12H20N2OS. The number of ether oxygens (including phenoxy) is 1. The van der Waals surface area contributed by atoms with Crippen LogP contribution in [0.1, 0.15) is 35.3 Å². The van der Waals surface area contributed by atoms with Gasteiger partial charge in [-0.05, 0) is 33.6 Å². The first-order valence-electron chi connectivity index (χ1n) is 5.94. The van der Waals surface area contributed by atoms with Crippen LogP contribution in [0.4, 0.5) is 0 Å². The highest BCUT2D eigenvalue weighted by Crippen LogP contribution is 2.19. The van der Waals surface area contributed by atoms with Crippen molar-refractivity contribution in [3.8, 4) is 0 Å². The van der Waals surface area contributed by atoms with E-state index >= 15 is 0 Å².